The molecule has 1 aromatic heterocycles. The van der Waals surface area contributed by atoms with Gasteiger partial charge in [0.15, 0.2) is 0 Å². The molecule has 0 atom stereocenters. The molecule has 114 valence electrons. The third kappa shape index (κ3) is 3.49. The first-order chi connectivity index (χ1) is 9.95. The molecule has 0 saturated carbocycles. The molecule has 0 aliphatic carbocycles. The van der Waals surface area contributed by atoms with Gasteiger partial charge in [0.1, 0.15) is 0 Å². The summed E-state index contributed by atoms with van der Waals surface area (Å²) >= 11 is 0. The molecule has 0 spiro atoms. The summed E-state index contributed by atoms with van der Waals surface area (Å²) < 4.78 is 29.3. The van der Waals surface area contributed by atoms with Crippen LogP contribution < -0.4 is 10.0 Å². The minimum atomic E-state index is -3.55. The van der Waals surface area contributed by atoms with Crippen LogP contribution >= 0.6 is 0 Å². The fourth-order valence-electron chi connectivity index (χ4n) is 2.07. The van der Waals surface area contributed by atoms with Crippen molar-refractivity contribution in [3.8, 4) is 0 Å². The lowest BCUT2D eigenvalue weighted by Crippen LogP contribution is -2.25. The van der Waals surface area contributed by atoms with Gasteiger partial charge in [-0.1, -0.05) is 18.2 Å². The highest BCUT2D eigenvalue weighted by molar-refractivity contribution is 7.89. The van der Waals surface area contributed by atoms with Crippen LogP contribution in [0.25, 0.3) is 0 Å². The zero-order chi connectivity index (χ0) is 15.5. The molecule has 0 aliphatic rings. The Morgan fingerprint density at radius 3 is 2.52 bits per heavy atom. The number of hydrogen-bond acceptors (Lipinski definition) is 4. The van der Waals surface area contributed by atoms with Crippen molar-refractivity contribution in [2.24, 2.45) is 7.05 Å². The molecule has 0 amide bonds. The molecular formula is C14H20N4O2S. The largest absolute Gasteiger partial charge is 0.316 e. The van der Waals surface area contributed by atoms with E-state index in [1.165, 1.54) is 0 Å². The van der Waals surface area contributed by atoms with Crippen LogP contribution in [0, 0.1) is 6.92 Å². The van der Waals surface area contributed by atoms with Gasteiger partial charge in [0.2, 0.25) is 10.0 Å². The SMILES string of the molecule is CNCc1ccccc1S(=O)(=O)NCc1cnn(C)c1C. The Labute approximate surface area is 125 Å². The van der Waals surface area contributed by atoms with Gasteiger partial charge in [-0.2, -0.15) is 5.10 Å². The van der Waals surface area contributed by atoms with Crippen LogP contribution in [0.5, 0.6) is 0 Å². The number of sulfonamides is 1. The fourth-order valence-corrected chi connectivity index (χ4v) is 3.31. The first kappa shape index (κ1) is 15.7. The lowest BCUT2D eigenvalue weighted by molar-refractivity contribution is 0.579. The number of aryl methyl sites for hydroxylation is 1. The van der Waals surface area contributed by atoms with Crippen LogP contribution in [-0.2, 0) is 30.2 Å². The van der Waals surface area contributed by atoms with E-state index < -0.39 is 10.0 Å². The van der Waals surface area contributed by atoms with Crippen molar-refractivity contribution in [3.63, 3.8) is 0 Å². The highest BCUT2D eigenvalue weighted by Crippen LogP contribution is 2.16. The number of rotatable bonds is 6. The second-order valence-corrected chi connectivity index (χ2v) is 6.58. The molecule has 0 unspecified atom stereocenters. The number of nitrogens with one attached hydrogen (secondary N) is 2. The standard InChI is InChI=1S/C14H20N4O2S/c1-11-13(9-16-18(11)3)10-17-21(19,20)14-7-5-4-6-12(14)8-15-2/h4-7,9,15,17H,8,10H2,1-3H3. The quantitative estimate of drug-likeness (QED) is 0.832. The Balaban J connectivity index is 2.21. The van der Waals surface area contributed by atoms with Crippen molar-refractivity contribution in [3.05, 3.63) is 47.3 Å². The minimum absolute atomic E-state index is 0.232. The third-order valence-corrected chi connectivity index (χ3v) is 4.92. The lowest BCUT2D eigenvalue weighted by atomic mass is 10.2. The van der Waals surface area contributed by atoms with Gasteiger partial charge in [-0.25, -0.2) is 13.1 Å². The normalized spacial score (nSPS) is 11.8. The van der Waals surface area contributed by atoms with Gasteiger partial charge in [0.25, 0.3) is 0 Å². The zero-order valence-electron chi connectivity index (χ0n) is 12.4. The second kappa shape index (κ2) is 6.38. The predicted octanol–water partition coefficient (Wildman–Crippen LogP) is 0.926. The van der Waals surface area contributed by atoms with Gasteiger partial charge < -0.3 is 5.32 Å². The molecule has 0 fully saturated rings. The van der Waals surface area contributed by atoms with E-state index in [9.17, 15) is 8.42 Å². The van der Waals surface area contributed by atoms with E-state index in [1.54, 1.807) is 36.1 Å². The summed E-state index contributed by atoms with van der Waals surface area (Å²) in [7, 11) is 0.0706. The Kier molecular flexibility index (Phi) is 4.76. The summed E-state index contributed by atoms with van der Waals surface area (Å²) in [5.41, 5.74) is 2.56. The molecule has 2 rings (SSSR count). The zero-order valence-corrected chi connectivity index (χ0v) is 13.2. The molecule has 6 nitrogen and oxygen atoms in total. The average molecular weight is 308 g/mol. The van der Waals surface area contributed by atoms with Crippen molar-refractivity contribution in [2.75, 3.05) is 7.05 Å². The molecule has 0 bridgehead atoms. The smallest absolute Gasteiger partial charge is 0.241 e. The topological polar surface area (TPSA) is 76.0 Å². The van der Waals surface area contributed by atoms with Crippen molar-refractivity contribution >= 4 is 10.0 Å². The lowest BCUT2D eigenvalue weighted by Gasteiger charge is -2.11. The van der Waals surface area contributed by atoms with Crippen LogP contribution in [0.3, 0.4) is 0 Å². The van der Waals surface area contributed by atoms with E-state index in [0.29, 0.717) is 11.4 Å². The Bertz CT molecular complexity index is 722. The van der Waals surface area contributed by atoms with E-state index >= 15 is 0 Å². The van der Waals surface area contributed by atoms with Crippen molar-refractivity contribution in [1.82, 2.24) is 19.8 Å². The Morgan fingerprint density at radius 2 is 1.90 bits per heavy atom. The Hall–Kier alpha value is -1.70. The van der Waals surface area contributed by atoms with Crippen LogP contribution in [-0.4, -0.2) is 25.2 Å². The predicted molar refractivity (Wildman–Crippen MR) is 81.2 cm³/mol. The summed E-state index contributed by atoms with van der Waals surface area (Å²) in [4.78, 5) is 0.306. The summed E-state index contributed by atoms with van der Waals surface area (Å²) in [6.07, 6.45) is 1.68. The molecule has 1 aromatic carbocycles. The molecule has 1 heterocycles. The molecular weight excluding hydrogens is 288 g/mol. The molecule has 0 aliphatic heterocycles. The van der Waals surface area contributed by atoms with Gasteiger partial charge in [-0.15, -0.1) is 0 Å². The van der Waals surface area contributed by atoms with Gasteiger partial charge in [0, 0.05) is 31.4 Å². The maximum Gasteiger partial charge on any atom is 0.241 e. The van der Waals surface area contributed by atoms with Crippen molar-refractivity contribution < 1.29 is 8.42 Å². The summed E-state index contributed by atoms with van der Waals surface area (Å²) in [5.74, 6) is 0. The van der Waals surface area contributed by atoms with Crippen LogP contribution in [0.1, 0.15) is 16.8 Å². The molecule has 0 radical (unpaired) electrons. The van der Waals surface area contributed by atoms with Gasteiger partial charge in [0.05, 0.1) is 11.1 Å². The Morgan fingerprint density at radius 1 is 1.19 bits per heavy atom. The van der Waals surface area contributed by atoms with Crippen LogP contribution in [0.2, 0.25) is 0 Å². The fraction of sp³-hybridized carbons (Fsp3) is 0.357. The monoisotopic (exact) mass is 308 g/mol. The van der Waals surface area contributed by atoms with E-state index in [2.05, 4.69) is 15.1 Å². The van der Waals surface area contributed by atoms with E-state index in [4.69, 9.17) is 0 Å². The van der Waals surface area contributed by atoms with Gasteiger partial charge >= 0.3 is 0 Å². The van der Waals surface area contributed by atoms with Gasteiger partial charge in [-0.05, 0) is 25.6 Å². The van der Waals surface area contributed by atoms with E-state index in [1.807, 2.05) is 20.0 Å². The van der Waals surface area contributed by atoms with Crippen LogP contribution in [0.4, 0.5) is 0 Å². The van der Waals surface area contributed by atoms with Crippen molar-refractivity contribution in [2.45, 2.75) is 24.9 Å². The molecule has 2 aromatic rings. The second-order valence-electron chi connectivity index (χ2n) is 4.84. The van der Waals surface area contributed by atoms with E-state index in [0.717, 1.165) is 16.8 Å². The number of hydrogen-bond donors (Lipinski definition) is 2. The van der Waals surface area contributed by atoms with Gasteiger partial charge in [-0.3, -0.25) is 4.68 Å². The molecule has 2 N–H and O–H groups in total. The van der Waals surface area contributed by atoms with Crippen molar-refractivity contribution in [1.29, 1.82) is 0 Å². The number of nitrogens with zero attached hydrogens (tertiary/aromatic N) is 2. The molecule has 0 saturated heterocycles. The summed E-state index contributed by atoms with van der Waals surface area (Å²) in [5, 5.41) is 7.09. The summed E-state index contributed by atoms with van der Waals surface area (Å²) in [6, 6.07) is 6.98. The molecule has 7 heteroatoms. The van der Waals surface area contributed by atoms with Crippen LogP contribution in [0.15, 0.2) is 35.4 Å². The third-order valence-electron chi connectivity index (χ3n) is 3.42. The maximum absolute atomic E-state index is 12.5. The first-order valence-electron chi connectivity index (χ1n) is 6.65. The minimum Gasteiger partial charge on any atom is -0.316 e. The van der Waals surface area contributed by atoms with E-state index in [-0.39, 0.29) is 6.54 Å². The highest BCUT2D eigenvalue weighted by Gasteiger charge is 2.18. The molecule has 21 heavy (non-hydrogen) atoms. The summed E-state index contributed by atoms with van der Waals surface area (Å²) in [6.45, 7) is 2.64. The average Bonchev–Trinajstić information content (AvgIpc) is 2.78. The number of benzene rings is 1. The maximum atomic E-state index is 12.5. The highest BCUT2D eigenvalue weighted by atomic mass is 32.2. The first-order valence-corrected chi connectivity index (χ1v) is 8.13. The number of aromatic nitrogens is 2.